The molecule has 4 rings (SSSR count). The number of hydrogen-bond donors (Lipinski definition) is 0. The van der Waals surface area contributed by atoms with Gasteiger partial charge in [-0.2, -0.15) is 0 Å². The van der Waals surface area contributed by atoms with Gasteiger partial charge in [0, 0.05) is 10.8 Å². The summed E-state index contributed by atoms with van der Waals surface area (Å²) in [4.78, 5) is 3.34. The van der Waals surface area contributed by atoms with Crippen LogP contribution in [0.1, 0.15) is 66.9 Å². The van der Waals surface area contributed by atoms with Gasteiger partial charge in [0.25, 0.3) is 0 Å². The lowest BCUT2D eigenvalue weighted by Crippen LogP contribution is -2.64. The summed E-state index contributed by atoms with van der Waals surface area (Å²) in [5.41, 5.74) is 10.8. The zero-order valence-corrected chi connectivity index (χ0v) is 30.2. The molecule has 2 fully saturated rings. The third kappa shape index (κ3) is 6.00. The van der Waals surface area contributed by atoms with Crippen molar-refractivity contribution in [2.75, 3.05) is 13.9 Å². The van der Waals surface area contributed by atoms with E-state index in [1.807, 2.05) is 19.9 Å². The first-order valence-electron chi connectivity index (χ1n) is 15.4. The van der Waals surface area contributed by atoms with E-state index in [0.717, 1.165) is 41.8 Å². The number of nitrogens with zero attached hydrogens (tertiary/aromatic N) is 3. The summed E-state index contributed by atoms with van der Waals surface area (Å²) in [6.07, 6.45) is -1.87. The molecule has 0 bridgehead atoms. The van der Waals surface area contributed by atoms with Crippen LogP contribution in [-0.4, -0.2) is 66.8 Å². The van der Waals surface area contributed by atoms with Crippen molar-refractivity contribution in [3.8, 4) is 17.2 Å². The Morgan fingerprint density at radius 3 is 2.00 bits per heavy atom. The maximum atomic E-state index is 9.91. The minimum absolute atomic E-state index is 0.0999. The van der Waals surface area contributed by atoms with E-state index in [4.69, 9.17) is 32.5 Å². The normalized spacial score (nSPS) is 28.3. The van der Waals surface area contributed by atoms with Gasteiger partial charge >= 0.3 is 0 Å². The average molecular weight is 687 g/mol. The Morgan fingerprint density at radius 2 is 1.48 bits per heavy atom. The van der Waals surface area contributed by atoms with Crippen LogP contribution in [0, 0.1) is 0 Å². The first-order chi connectivity index (χ1) is 20.0. The number of methoxy groups -OCH3 is 1. The summed E-state index contributed by atoms with van der Waals surface area (Å²) in [5.74, 6) is 0.342. The molecule has 1 saturated carbocycles. The molecule has 6 atom stereocenters. The van der Waals surface area contributed by atoms with E-state index in [1.165, 1.54) is 0 Å². The Bertz CT molecular complexity index is 1140. The monoisotopic (exact) mass is 685 g/mol. The number of rotatable bonds is 13. The zero-order valence-electron chi connectivity index (χ0n) is 26.6. The Balaban J connectivity index is 2.01. The van der Waals surface area contributed by atoms with Crippen LogP contribution in [0.4, 0.5) is 0 Å². The molecule has 0 unspecified atom stereocenters. The maximum Gasteiger partial charge on any atom is 0.231 e. The maximum absolute atomic E-state index is 9.91. The lowest BCUT2D eigenvalue weighted by Gasteiger charge is -2.51. The van der Waals surface area contributed by atoms with Gasteiger partial charge in [-0.15, -0.1) is 0 Å². The predicted octanol–water partition coefficient (Wildman–Crippen LogP) is 8.26. The first kappa shape index (κ1) is 33.6. The van der Waals surface area contributed by atoms with Crippen LogP contribution in [0.5, 0.6) is 17.2 Å². The van der Waals surface area contributed by atoms with Crippen LogP contribution < -0.4 is 14.2 Å². The van der Waals surface area contributed by atoms with Crippen LogP contribution in [-0.2, 0) is 18.3 Å². The summed E-state index contributed by atoms with van der Waals surface area (Å²) >= 11 is 3.84. The summed E-state index contributed by atoms with van der Waals surface area (Å²) in [6, 6.07) is 7.16. The largest absolute Gasteiger partial charge is 0.492 e. The van der Waals surface area contributed by atoms with E-state index in [9.17, 15) is 5.53 Å². The van der Waals surface area contributed by atoms with Crippen LogP contribution in [0.25, 0.3) is 10.4 Å². The fourth-order valence-electron chi connectivity index (χ4n) is 6.97. The van der Waals surface area contributed by atoms with E-state index >= 15 is 0 Å². The molecular weight excluding hydrogens is 638 g/mol. The predicted molar refractivity (Wildman–Crippen MR) is 170 cm³/mol. The molecule has 10 nitrogen and oxygen atoms in total. The van der Waals surface area contributed by atoms with Crippen molar-refractivity contribution in [2.45, 2.75) is 134 Å². The number of halogens is 1. The Hall–Kier alpha value is -1.32. The third-order valence-corrected chi connectivity index (χ3v) is 19.9. The van der Waals surface area contributed by atoms with E-state index in [0.29, 0.717) is 21.7 Å². The minimum atomic E-state index is -2.22. The highest BCUT2D eigenvalue weighted by Gasteiger charge is 2.61. The van der Waals surface area contributed by atoms with Crippen molar-refractivity contribution in [3.05, 3.63) is 26.5 Å². The summed E-state index contributed by atoms with van der Waals surface area (Å²) in [5, 5.41) is 4.42. The van der Waals surface area contributed by atoms with Crippen molar-refractivity contribution in [1.29, 1.82) is 0 Å². The highest BCUT2D eigenvalue weighted by molar-refractivity contribution is 9.10. The second-order valence-electron chi connectivity index (χ2n) is 12.0. The summed E-state index contributed by atoms with van der Waals surface area (Å²) in [7, 11) is -2.77. The van der Waals surface area contributed by atoms with Gasteiger partial charge in [-0.25, -0.2) is 0 Å². The van der Waals surface area contributed by atoms with Crippen molar-refractivity contribution < 1.29 is 32.5 Å². The molecule has 0 radical (unpaired) electrons. The molecule has 0 spiro atoms. The molecule has 1 saturated heterocycles. The quantitative estimate of drug-likeness (QED) is 0.0889. The van der Waals surface area contributed by atoms with E-state index in [-0.39, 0.29) is 6.79 Å². The van der Waals surface area contributed by atoms with E-state index < -0.39 is 58.8 Å². The highest BCUT2D eigenvalue weighted by atomic mass is 79.9. The number of hydrogen-bond acceptors (Lipinski definition) is 8. The van der Waals surface area contributed by atoms with Gasteiger partial charge in [-0.05, 0) is 83.2 Å². The molecule has 1 aromatic carbocycles. The molecule has 2 aliphatic heterocycles. The van der Waals surface area contributed by atoms with Crippen LogP contribution >= 0.6 is 15.9 Å². The van der Waals surface area contributed by atoms with Crippen molar-refractivity contribution in [2.24, 2.45) is 5.11 Å². The third-order valence-electron chi connectivity index (χ3n) is 9.84. The fourth-order valence-corrected chi connectivity index (χ4v) is 13.4. The van der Waals surface area contributed by atoms with Gasteiger partial charge < -0.3 is 32.5 Å². The number of benzene rings is 1. The SMILES string of the molecule is CC[Si](CC)(CC)O[C@@H]1[C@H]2OC(C)(C)O[C@H]2[C@H](N=[N+]=[N-])[C@@H](c2cc3c(c(OC)c2Br)OCO3)[C@@H]1O[Si](CC)(CC)CC. The van der Waals surface area contributed by atoms with E-state index in [1.54, 1.807) is 7.11 Å². The molecule has 236 valence electrons. The fraction of sp³-hybridized carbons (Fsp3) is 0.793. The van der Waals surface area contributed by atoms with Gasteiger partial charge in [0.1, 0.15) is 6.10 Å². The minimum Gasteiger partial charge on any atom is -0.492 e. The Kier molecular flexibility index (Phi) is 10.7. The Labute approximate surface area is 261 Å². The topological polar surface area (TPSA) is 113 Å². The second-order valence-corrected chi connectivity index (χ2v) is 22.2. The molecule has 13 heteroatoms. The van der Waals surface area contributed by atoms with Crippen molar-refractivity contribution >= 4 is 32.6 Å². The van der Waals surface area contributed by atoms with Crippen molar-refractivity contribution in [3.63, 3.8) is 0 Å². The van der Waals surface area contributed by atoms with E-state index in [2.05, 4.69) is 67.5 Å². The number of ether oxygens (including phenoxy) is 5. The lowest BCUT2D eigenvalue weighted by molar-refractivity contribution is -0.157. The molecule has 0 N–H and O–H groups in total. The van der Waals surface area contributed by atoms with Gasteiger partial charge in [-0.3, -0.25) is 0 Å². The molecule has 3 aliphatic rings. The van der Waals surface area contributed by atoms with Gasteiger partial charge in [0.05, 0.1) is 35.9 Å². The number of fused-ring (bicyclic) bond motifs is 2. The second kappa shape index (κ2) is 13.4. The Morgan fingerprint density at radius 1 is 0.929 bits per heavy atom. The average Bonchev–Trinajstić information content (AvgIpc) is 3.59. The van der Waals surface area contributed by atoms with Crippen LogP contribution in [0.2, 0.25) is 36.3 Å². The molecule has 1 aliphatic carbocycles. The summed E-state index contributed by atoms with van der Waals surface area (Å²) < 4.78 is 46.2. The van der Waals surface area contributed by atoms with Gasteiger partial charge in [0.15, 0.2) is 33.9 Å². The molecule has 0 aromatic heterocycles. The first-order valence-corrected chi connectivity index (χ1v) is 21.3. The van der Waals surface area contributed by atoms with Crippen LogP contribution in [0.15, 0.2) is 15.7 Å². The smallest absolute Gasteiger partial charge is 0.231 e. The summed E-state index contributed by atoms with van der Waals surface area (Å²) in [6.45, 7) is 17.3. The van der Waals surface area contributed by atoms with Crippen molar-refractivity contribution in [1.82, 2.24) is 0 Å². The van der Waals surface area contributed by atoms with Crippen LogP contribution in [0.3, 0.4) is 0 Å². The molecule has 0 amide bonds. The number of azide groups is 1. The van der Waals surface area contributed by atoms with Gasteiger partial charge in [0.2, 0.25) is 12.5 Å². The standard InChI is InChI=1S/C29H48BrN3O7Si2/c1-10-41(11-2,12-3)39-24-20(18-16-19-23(36-17-35-19)25(34-9)21(18)30)22(32-33-31)26-27(38-29(7,8)37-26)28(24)40-42(13-4,14-5)15-6/h16,20,22,24,26-28H,10-15,17H2,1-9H3/t20-,22-,24+,26+,27+,28+/m1/s1. The molecule has 42 heavy (non-hydrogen) atoms. The molecule has 2 heterocycles. The molecular formula is C29H48BrN3O7Si2. The highest BCUT2D eigenvalue weighted by Crippen LogP contribution is 2.55. The zero-order chi connectivity index (χ0) is 30.9. The molecule has 1 aromatic rings. The van der Waals surface area contributed by atoms with Gasteiger partial charge in [-0.1, -0.05) is 46.7 Å². The lowest BCUT2D eigenvalue weighted by atomic mass is 9.73.